The second-order valence-corrected chi connectivity index (χ2v) is 9.84. The molecule has 2 unspecified atom stereocenters. The molecule has 21 heavy (non-hydrogen) atoms. The lowest BCUT2D eigenvalue weighted by molar-refractivity contribution is -0.0536. The maximum absolute atomic E-state index is 11.3. The van der Waals surface area contributed by atoms with Crippen molar-refractivity contribution in [1.29, 1.82) is 0 Å². The first-order chi connectivity index (χ1) is 9.36. The fourth-order valence-electron chi connectivity index (χ4n) is 4.58. The van der Waals surface area contributed by atoms with Crippen molar-refractivity contribution in [3.8, 4) is 0 Å². The number of hydrogen-bond donors (Lipinski definition) is 2. The molecule has 0 aromatic heterocycles. The van der Waals surface area contributed by atoms with Gasteiger partial charge in [-0.25, -0.2) is 4.57 Å². The molecule has 0 amide bonds. The minimum atomic E-state index is -4.45. The largest absolute Gasteiger partial charge is 0.470 e. The summed E-state index contributed by atoms with van der Waals surface area (Å²) in [5.74, 6) is 1.15. The van der Waals surface area contributed by atoms with Crippen LogP contribution in [0.4, 0.5) is 0 Å². The number of phosphoric acid groups is 1. The van der Waals surface area contributed by atoms with Crippen LogP contribution in [0.2, 0.25) is 0 Å². The van der Waals surface area contributed by atoms with Crippen molar-refractivity contribution in [3.63, 3.8) is 0 Å². The van der Waals surface area contributed by atoms with Gasteiger partial charge in [-0.2, -0.15) is 0 Å². The van der Waals surface area contributed by atoms with Gasteiger partial charge >= 0.3 is 7.82 Å². The average molecular weight is 318 g/mol. The van der Waals surface area contributed by atoms with Gasteiger partial charge in [-0.05, 0) is 68.1 Å². The van der Waals surface area contributed by atoms with Crippen molar-refractivity contribution < 1.29 is 18.9 Å². The molecular formula is C16H31O4P. The van der Waals surface area contributed by atoms with E-state index in [9.17, 15) is 14.4 Å². The van der Waals surface area contributed by atoms with Gasteiger partial charge in [0, 0.05) is 0 Å². The fraction of sp³-hybridized carbons (Fsp3) is 1.00. The maximum atomic E-state index is 11.3. The Bertz CT molecular complexity index is 430. The third-order valence-corrected chi connectivity index (χ3v) is 7.14. The van der Waals surface area contributed by atoms with E-state index in [4.69, 9.17) is 4.52 Å². The van der Waals surface area contributed by atoms with Crippen LogP contribution in [0.5, 0.6) is 0 Å². The summed E-state index contributed by atoms with van der Waals surface area (Å²) in [6.07, 6.45) is 6.70. The second kappa shape index (κ2) is 5.33. The highest BCUT2D eigenvalue weighted by Gasteiger charge is 2.57. The molecule has 2 rings (SSSR count). The normalized spacial score (nSPS) is 36.8. The van der Waals surface area contributed by atoms with Gasteiger partial charge in [0.2, 0.25) is 0 Å². The van der Waals surface area contributed by atoms with E-state index in [2.05, 4.69) is 27.7 Å². The molecule has 0 aliphatic heterocycles. The summed E-state index contributed by atoms with van der Waals surface area (Å²) >= 11 is 0. The summed E-state index contributed by atoms with van der Waals surface area (Å²) in [7, 11) is -4.45. The Morgan fingerprint density at radius 1 is 0.952 bits per heavy atom. The molecule has 0 spiro atoms. The lowest BCUT2D eigenvalue weighted by Crippen LogP contribution is -2.44. The summed E-state index contributed by atoms with van der Waals surface area (Å²) in [6.45, 7) is 10.8. The van der Waals surface area contributed by atoms with Gasteiger partial charge in [0.25, 0.3) is 0 Å². The van der Waals surface area contributed by atoms with Crippen LogP contribution in [0.1, 0.15) is 73.1 Å². The van der Waals surface area contributed by atoms with Gasteiger partial charge in [0.15, 0.2) is 0 Å². The van der Waals surface area contributed by atoms with Crippen molar-refractivity contribution in [2.75, 3.05) is 0 Å². The Morgan fingerprint density at radius 2 is 1.48 bits per heavy atom. The Hall–Kier alpha value is 0.110. The second-order valence-electron chi connectivity index (χ2n) is 8.68. The van der Waals surface area contributed by atoms with Gasteiger partial charge in [-0.3, -0.25) is 4.52 Å². The van der Waals surface area contributed by atoms with Crippen LogP contribution < -0.4 is 0 Å². The molecular weight excluding hydrogens is 287 g/mol. The Balaban J connectivity index is 2.12. The van der Waals surface area contributed by atoms with Gasteiger partial charge in [0.05, 0.1) is 5.60 Å². The first-order valence-electron chi connectivity index (χ1n) is 8.13. The van der Waals surface area contributed by atoms with Crippen molar-refractivity contribution in [2.45, 2.75) is 78.7 Å². The van der Waals surface area contributed by atoms with Crippen molar-refractivity contribution in [3.05, 3.63) is 0 Å². The lowest BCUT2D eigenvalue weighted by Gasteiger charge is -2.46. The molecule has 2 saturated carbocycles. The van der Waals surface area contributed by atoms with Gasteiger partial charge in [-0.15, -0.1) is 0 Å². The average Bonchev–Trinajstić information content (AvgIpc) is 2.49. The predicted molar refractivity (Wildman–Crippen MR) is 83.8 cm³/mol. The molecule has 0 radical (unpaired) electrons. The fourth-order valence-corrected chi connectivity index (χ4v) is 5.43. The molecule has 2 atom stereocenters. The molecule has 0 bridgehead atoms. The summed E-state index contributed by atoms with van der Waals surface area (Å²) in [6, 6.07) is 0. The van der Waals surface area contributed by atoms with E-state index in [0.717, 1.165) is 12.8 Å². The van der Waals surface area contributed by atoms with Crippen LogP contribution in [-0.4, -0.2) is 15.4 Å². The monoisotopic (exact) mass is 318 g/mol. The number of hydrogen-bond acceptors (Lipinski definition) is 2. The molecule has 0 saturated heterocycles. The number of rotatable bonds is 3. The van der Waals surface area contributed by atoms with Crippen LogP contribution in [0.25, 0.3) is 0 Å². The van der Waals surface area contributed by atoms with Gasteiger partial charge in [0.1, 0.15) is 0 Å². The molecule has 124 valence electrons. The van der Waals surface area contributed by atoms with Gasteiger partial charge < -0.3 is 9.79 Å². The molecule has 4 nitrogen and oxygen atoms in total. The molecule has 2 fully saturated rings. The van der Waals surface area contributed by atoms with Crippen LogP contribution >= 0.6 is 7.82 Å². The third-order valence-electron chi connectivity index (χ3n) is 6.50. The zero-order valence-electron chi connectivity index (χ0n) is 14.1. The summed E-state index contributed by atoms with van der Waals surface area (Å²) in [4.78, 5) is 18.5. The standard InChI is InChI=1S/C16H31O4P/c1-14(2)9-6-12(7-10-14)13-8-11-16(5,15(13,3)4)20-21(17,18)19/h12-13H,6-11H2,1-5H3,(H2,17,18,19). The minimum Gasteiger partial charge on any atom is -0.303 e. The van der Waals surface area contributed by atoms with Crippen LogP contribution in [0, 0.1) is 22.7 Å². The molecule has 0 aromatic carbocycles. The van der Waals surface area contributed by atoms with E-state index in [1.807, 2.05) is 6.92 Å². The first-order valence-corrected chi connectivity index (χ1v) is 9.66. The van der Waals surface area contributed by atoms with E-state index in [1.165, 1.54) is 25.7 Å². The lowest BCUT2D eigenvalue weighted by atomic mass is 9.62. The number of phosphoric ester groups is 1. The quantitative estimate of drug-likeness (QED) is 0.751. The van der Waals surface area contributed by atoms with E-state index < -0.39 is 13.4 Å². The Kier molecular flexibility index (Phi) is 4.43. The summed E-state index contributed by atoms with van der Waals surface area (Å²) in [5, 5.41) is 0. The highest BCUT2D eigenvalue weighted by Crippen LogP contribution is 2.61. The first kappa shape index (κ1) is 17.5. The van der Waals surface area contributed by atoms with Crippen LogP contribution in [-0.2, 0) is 9.09 Å². The maximum Gasteiger partial charge on any atom is 0.470 e. The highest BCUT2D eigenvalue weighted by molar-refractivity contribution is 7.46. The topological polar surface area (TPSA) is 66.8 Å². The zero-order valence-corrected chi connectivity index (χ0v) is 14.9. The minimum absolute atomic E-state index is 0.208. The molecule has 0 heterocycles. The molecule has 5 heteroatoms. The van der Waals surface area contributed by atoms with E-state index in [-0.39, 0.29) is 5.41 Å². The zero-order chi connectivity index (χ0) is 16.1. The van der Waals surface area contributed by atoms with E-state index >= 15 is 0 Å². The highest BCUT2D eigenvalue weighted by atomic mass is 31.2. The Labute approximate surface area is 128 Å². The SMILES string of the molecule is CC1(C)CCC(C2CCC(C)(OP(=O)(O)O)C2(C)C)CC1. The van der Waals surface area contributed by atoms with E-state index in [0.29, 0.717) is 17.3 Å². The van der Waals surface area contributed by atoms with Crippen LogP contribution in [0.3, 0.4) is 0 Å². The molecule has 2 aliphatic rings. The van der Waals surface area contributed by atoms with Crippen molar-refractivity contribution >= 4 is 7.82 Å². The summed E-state index contributed by atoms with van der Waals surface area (Å²) in [5.41, 5.74) is -0.491. The molecule has 0 aromatic rings. The van der Waals surface area contributed by atoms with Crippen molar-refractivity contribution in [1.82, 2.24) is 0 Å². The van der Waals surface area contributed by atoms with Crippen LogP contribution in [0.15, 0.2) is 0 Å². The smallest absolute Gasteiger partial charge is 0.303 e. The molecule has 2 aliphatic carbocycles. The predicted octanol–water partition coefficient (Wildman–Crippen LogP) is 4.51. The summed E-state index contributed by atoms with van der Waals surface area (Å²) < 4.78 is 16.6. The van der Waals surface area contributed by atoms with E-state index in [1.54, 1.807) is 0 Å². The van der Waals surface area contributed by atoms with Gasteiger partial charge in [-0.1, -0.05) is 27.7 Å². The Morgan fingerprint density at radius 3 is 1.95 bits per heavy atom. The third kappa shape index (κ3) is 3.55. The molecule has 2 N–H and O–H groups in total. The van der Waals surface area contributed by atoms with Crippen molar-refractivity contribution in [2.24, 2.45) is 22.7 Å².